The fourth-order valence-corrected chi connectivity index (χ4v) is 3.69. The molecule has 0 aromatic heterocycles. The molecule has 1 aromatic carbocycles. The molecule has 0 radical (unpaired) electrons. The number of sulfonamides is 2. The van der Waals surface area contributed by atoms with Crippen LogP contribution in [0.1, 0.15) is 5.56 Å². The van der Waals surface area contributed by atoms with Gasteiger partial charge in [-0.15, -0.1) is 0 Å². The second kappa shape index (κ2) is 7.91. The Morgan fingerprint density at radius 3 is 2.00 bits per heavy atom. The van der Waals surface area contributed by atoms with Crippen molar-refractivity contribution >= 4 is 26.1 Å². The molecule has 2 rings (SSSR count). The Bertz CT molecular complexity index is 795. The van der Waals surface area contributed by atoms with Gasteiger partial charge in [0, 0.05) is 31.6 Å². The maximum absolute atomic E-state index is 12.1. The zero-order valence-corrected chi connectivity index (χ0v) is 16.3. The number of hydrogen-bond donors (Lipinski definition) is 2. The Labute approximate surface area is 153 Å². The highest BCUT2D eigenvalue weighted by atomic mass is 32.2. The molecule has 0 aliphatic carbocycles. The molecule has 1 heterocycles. The predicted molar refractivity (Wildman–Crippen MR) is 96.3 cm³/mol. The molecule has 1 aliphatic heterocycles. The molecule has 0 unspecified atom stereocenters. The summed E-state index contributed by atoms with van der Waals surface area (Å²) in [5, 5.41) is 0. The first-order valence-electron chi connectivity index (χ1n) is 7.83. The van der Waals surface area contributed by atoms with Gasteiger partial charge in [-0.05, 0) is 5.56 Å². The molecule has 1 fully saturated rings. The lowest BCUT2D eigenvalue weighted by molar-refractivity contribution is 0.000325. The Morgan fingerprint density at radius 2 is 1.54 bits per heavy atom. The van der Waals surface area contributed by atoms with Gasteiger partial charge in [0.15, 0.2) is 0 Å². The molecule has 1 aliphatic rings. The summed E-state index contributed by atoms with van der Waals surface area (Å²) in [4.78, 5) is 13.5. The molecule has 0 atom stereocenters. The highest BCUT2D eigenvalue weighted by Crippen LogP contribution is 2.30. The zero-order valence-electron chi connectivity index (χ0n) is 14.6. The smallest absolute Gasteiger partial charge is 0.410 e. The molecule has 0 saturated carbocycles. The van der Waals surface area contributed by atoms with E-state index < -0.39 is 31.6 Å². The van der Waals surface area contributed by atoms with Crippen LogP contribution in [0.4, 0.5) is 4.79 Å². The molecule has 2 N–H and O–H groups in total. The maximum atomic E-state index is 12.1. The monoisotopic (exact) mass is 405 g/mol. The lowest BCUT2D eigenvalue weighted by atomic mass is 9.80. The summed E-state index contributed by atoms with van der Waals surface area (Å²) in [6.07, 6.45) is 1.52. The van der Waals surface area contributed by atoms with Gasteiger partial charge in [0.1, 0.15) is 6.61 Å². The van der Waals surface area contributed by atoms with Crippen LogP contribution in [-0.4, -0.2) is 66.5 Å². The number of nitrogens with zero attached hydrogens (tertiary/aromatic N) is 1. The lowest BCUT2D eigenvalue weighted by Gasteiger charge is -2.49. The number of ether oxygens (including phenoxy) is 1. The third-order valence-electron chi connectivity index (χ3n) is 3.93. The van der Waals surface area contributed by atoms with Crippen LogP contribution < -0.4 is 9.44 Å². The first kappa shape index (κ1) is 20.6. The van der Waals surface area contributed by atoms with Crippen molar-refractivity contribution in [2.75, 3.05) is 38.7 Å². The maximum Gasteiger partial charge on any atom is 0.410 e. The van der Waals surface area contributed by atoms with E-state index >= 15 is 0 Å². The number of nitrogens with one attached hydrogen (secondary N) is 2. The molecule has 146 valence electrons. The van der Waals surface area contributed by atoms with Crippen molar-refractivity contribution in [3.05, 3.63) is 35.9 Å². The van der Waals surface area contributed by atoms with E-state index in [9.17, 15) is 21.6 Å². The molecule has 0 bridgehead atoms. The fraction of sp³-hybridized carbons (Fsp3) is 0.533. The van der Waals surface area contributed by atoms with Crippen LogP contribution in [0, 0.1) is 5.41 Å². The quantitative estimate of drug-likeness (QED) is 0.614. The summed E-state index contributed by atoms with van der Waals surface area (Å²) in [5.41, 5.74) is 0.142. The summed E-state index contributed by atoms with van der Waals surface area (Å²) in [6, 6.07) is 9.20. The zero-order chi connectivity index (χ0) is 19.4. The van der Waals surface area contributed by atoms with Gasteiger partial charge >= 0.3 is 6.09 Å². The van der Waals surface area contributed by atoms with Crippen LogP contribution in [-0.2, 0) is 31.4 Å². The van der Waals surface area contributed by atoms with Gasteiger partial charge in [0.25, 0.3) is 0 Å². The summed E-state index contributed by atoms with van der Waals surface area (Å²) >= 11 is 0. The van der Waals surface area contributed by atoms with Crippen LogP contribution in [0.15, 0.2) is 30.3 Å². The number of hydrogen-bond acceptors (Lipinski definition) is 6. The Hall–Kier alpha value is -1.69. The van der Waals surface area contributed by atoms with E-state index in [0.29, 0.717) is 0 Å². The van der Waals surface area contributed by atoms with Crippen molar-refractivity contribution in [3.8, 4) is 0 Å². The number of carbonyl (C=O) groups is 1. The number of likely N-dealkylation sites (tertiary alicyclic amines) is 1. The van der Waals surface area contributed by atoms with Crippen LogP contribution in [0.25, 0.3) is 0 Å². The first-order valence-corrected chi connectivity index (χ1v) is 11.6. The van der Waals surface area contributed by atoms with Crippen molar-refractivity contribution in [1.29, 1.82) is 0 Å². The average molecular weight is 405 g/mol. The minimum Gasteiger partial charge on any atom is -0.445 e. The predicted octanol–water partition coefficient (Wildman–Crippen LogP) is -0.276. The second-order valence-electron chi connectivity index (χ2n) is 6.58. The molecule has 0 spiro atoms. The molecular formula is C15H23N3O6S2. The first-order chi connectivity index (χ1) is 12.0. The van der Waals surface area contributed by atoms with Gasteiger partial charge in [0.05, 0.1) is 12.5 Å². The van der Waals surface area contributed by atoms with E-state index in [1.54, 1.807) is 0 Å². The van der Waals surface area contributed by atoms with Crippen LogP contribution in [0.3, 0.4) is 0 Å². The third kappa shape index (κ3) is 6.56. The minimum atomic E-state index is -3.43. The normalized spacial score (nSPS) is 16.8. The van der Waals surface area contributed by atoms with Crippen molar-refractivity contribution in [2.45, 2.75) is 6.61 Å². The third-order valence-corrected chi connectivity index (χ3v) is 5.27. The lowest BCUT2D eigenvalue weighted by Crippen LogP contribution is -2.66. The molecule has 26 heavy (non-hydrogen) atoms. The van der Waals surface area contributed by atoms with Gasteiger partial charge in [-0.1, -0.05) is 30.3 Å². The Morgan fingerprint density at radius 1 is 1.04 bits per heavy atom. The van der Waals surface area contributed by atoms with Crippen molar-refractivity contribution in [2.24, 2.45) is 5.41 Å². The highest BCUT2D eigenvalue weighted by molar-refractivity contribution is 7.89. The largest absolute Gasteiger partial charge is 0.445 e. The minimum absolute atomic E-state index is 0.0246. The van der Waals surface area contributed by atoms with Crippen LogP contribution in [0.5, 0.6) is 0 Å². The molecule has 1 amide bonds. The summed E-state index contributed by atoms with van der Waals surface area (Å²) in [6.45, 7) is 0.553. The molecular weight excluding hydrogens is 382 g/mol. The van der Waals surface area contributed by atoms with Crippen molar-refractivity contribution in [3.63, 3.8) is 0 Å². The number of rotatable bonds is 8. The van der Waals surface area contributed by atoms with Crippen molar-refractivity contribution < 1.29 is 26.4 Å². The van der Waals surface area contributed by atoms with E-state index in [4.69, 9.17) is 4.74 Å². The summed E-state index contributed by atoms with van der Waals surface area (Å²) in [7, 11) is -6.87. The average Bonchev–Trinajstić information content (AvgIpc) is 2.50. The van der Waals surface area contributed by atoms with Gasteiger partial charge in [-0.25, -0.2) is 31.1 Å². The SMILES string of the molecule is CS(=O)(=O)NCC1(CNS(C)(=O)=O)CN(C(=O)OCc2ccccc2)C1. The highest BCUT2D eigenvalue weighted by Gasteiger charge is 2.46. The van der Waals surface area contributed by atoms with Gasteiger partial charge < -0.3 is 9.64 Å². The number of carbonyl (C=O) groups excluding carboxylic acids is 1. The van der Waals surface area contributed by atoms with Gasteiger partial charge in [0.2, 0.25) is 20.0 Å². The van der Waals surface area contributed by atoms with E-state index in [-0.39, 0.29) is 32.8 Å². The van der Waals surface area contributed by atoms with Crippen molar-refractivity contribution in [1.82, 2.24) is 14.3 Å². The van der Waals surface area contributed by atoms with E-state index in [2.05, 4.69) is 9.44 Å². The molecule has 1 saturated heterocycles. The molecule has 11 heteroatoms. The van der Waals surface area contributed by atoms with Crippen LogP contribution >= 0.6 is 0 Å². The van der Waals surface area contributed by atoms with E-state index in [0.717, 1.165) is 18.1 Å². The topological polar surface area (TPSA) is 122 Å². The van der Waals surface area contributed by atoms with Gasteiger partial charge in [-0.2, -0.15) is 0 Å². The van der Waals surface area contributed by atoms with E-state index in [1.807, 2.05) is 30.3 Å². The van der Waals surface area contributed by atoms with E-state index in [1.165, 1.54) is 4.90 Å². The summed E-state index contributed by atoms with van der Waals surface area (Å²) in [5.74, 6) is 0. The second-order valence-corrected chi connectivity index (χ2v) is 10.2. The van der Waals surface area contributed by atoms with Crippen LogP contribution in [0.2, 0.25) is 0 Å². The fourth-order valence-electron chi connectivity index (χ4n) is 2.56. The standard InChI is InChI=1S/C15H23N3O6S2/c1-25(20,21)16-9-15(10-17-26(2,22)23)11-18(12-15)14(19)24-8-13-6-4-3-5-7-13/h3-7,16-17H,8-12H2,1-2H3. The number of benzene rings is 1. The molecule has 1 aromatic rings. The number of amides is 1. The Kier molecular flexibility index (Phi) is 6.27. The Balaban J connectivity index is 1.92. The molecule has 9 nitrogen and oxygen atoms in total. The summed E-state index contributed by atoms with van der Waals surface area (Å²) < 4.78 is 55.3. The van der Waals surface area contributed by atoms with Gasteiger partial charge in [-0.3, -0.25) is 0 Å².